The fourth-order valence-corrected chi connectivity index (χ4v) is 4.98. The third-order valence-corrected chi connectivity index (χ3v) is 6.99. The lowest BCUT2D eigenvalue weighted by atomic mass is 10.2. The largest absolute Gasteiger partial charge is 0.347 e. The molecule has 2 aromatic rings. The highest BCUT2D eigenvalue weighted by Crippen LogP contribution is 2.25. The van der Waals surface area contributed by atoms with Crippen LogP contribution in [0.2, 0.25) is 5.02 Å². The van der Waals surface area contributed by atoms with Gasteiger partial charge in [0.25, 0.3) is 5.91 Å². The molecular weight excluding hydrogens is 368 g/mol. The summed E-state index contributed by atoms with van der Waals surface area (Å²) in [6.07, 6.45) is 1.72. The summed E-state index contributed by atoms with van der Waals surface area (Å²) in [4.78, 5) is 13.5. The van der Waals surface area contributed by atoms with Gasteiger partial charge in [-0.25, -0.2) is 8.42 Å². The molecule has 128 valence electrons. The number of carbonyl (C=O) groups is 1. The van der Waals surface area contributed by atoms with Crippen LogP contribution in [0.5, 0.6) is 0 Å². The van der Waals surface area contributed by atoms with Gasteiger partial charge in [-0.2, -0.15) is 4.31 Å². The highest BCUT2D eigenvalue weighted by atomic mass is 35.5. The predicted molar refractivity (Wildman–Crippen MR) is 94.9 cm³/mol. The zero-order chi connectivity index (χ0) is 17.2. The van der Waals surface area contributed by atoms with E-state index in [4.69, 9.17) is 11.6 Å². The van der Waals surface area contributed by atoms with Gasteiger partial charge >= 0.3 is 0 Å². The second-order valence-corrected chi connectivity index (χ2v) is 8.89. The first kappa shape index (κ1) is 17.4. The zero-order valence-electron chi connectivity index (χ0n) is 12.9. The van der Waals surface area contributed by atoms with Crippen molar-refractivity contribution in [3.8, 4) is 0 Å². The second-order valence-electron chi connectivity index (χ2n) is 5.51. The second kappa shape index (κ2) is 7.23. The van der Waals surface area contributed by atoms with Gasteiger partial charge in [0.1, 0.15) is 0 Å². The molecule has 0 unspecified atom stereocenters. The van der Waals surface area contributed by atoms with Crippen molar-refractivity contribution >= 4 is 38.9 Å². The minimum Gasteiger partial charge on any atom is -0.347 e. The smallest absolute Gasteiger partial charge is 0.253 e. The van der Waals surface area contributed by atoms with Gasteiger partial charge in [0.05, 0.1) is 22.0 Å². The average molecular weight is 385 g/mol. The molecule has 24 heavy (non-hydrogen) atoms. The van der Waals surface area contributed by atoms with Crippen LogP contribution in [0, 0.1) is 0 Å². The normalized spacial score (nSPS) is 15.5. The van der Waals surface area contributed by atoms with Crippen molar-refractivity contribution in [2.75, 3.05) is 13.1 Å². The van der Waals surface area contributed by atoms with E-state index in [0.29, 0.717) is 19.6 Å². The van der Waals surface area contributed by atoms with Crippen LogP contribution < -0.4 is 5.32 Å². The number of halogens is 1. The van der Waals surface area contributed by atoms with Crippen LogP contribution in [0.1, 0.15) is 28.1 Å². The summed E-state index contributed by atoms with van der Waals surface area (Å²) in [6.45, 7) is 1.42. The first-order chi connectivity index (χ1) is 11.5. The lowest BCUT2D eigenvalue weighted by Crippen LogP contribution is -2.28. The van der Waals surface area contributed by atoms with E-state index in [1.54, 1.807) is 0 Å². The molecule has 1 N–H and O–H groups in total. The first-order valence-corrected chi connectivity index (χ1v) is 10.3. The molecule has 0 spiro atoms. The maximum Gasteiger partial charge on any atom is 0.253 e. The quantitative estimate of drug-likeness (QED) is 0.861. The van der Waals surface area contributed by atoms with Gasteiger partial charge in [0.2, 0.25) is 10.0 Å². The number of carbonyl (C=O) groups excluding carboxylic acids is 1. The molecule has 1 aliphatic heterocycles. The number of hydrogen-bond acceptors (Lipinski definition) is 4. The van der Waals surface area contributed by atoms with Gasteiger partial charge in [-0.3, -0.25) is 4.79 Å². The summed E-state index contributed by atoms with van der Waals surface area (Å²) in [5.74, 6) is -0.383. The summed E-state index contributed by atoms with van der Waals surface area (Å²) in [6, 6.07) is 8.10. The zero-order valence-corrected chi connectivity index (χ0v) is 15.3. The molecule has 0 radical (unpaired) electrons. The minimum atomic E-state index is -3.57. The van der Waals surface area contributed by atoms with Crippen molar-refractivity contribution in [1.82, 2.24) is 9.62 Å². The number of benzene rings is 1. The minimum absolute atomic E-state index is 0.107. The Bertz CT molecular complexity index is 829. The highest BCUT2D eigenvalue weighted by molar-refractivity contribution is 7.89. The topological polar surface area (TPSA) is 66.5 Å². The Morgan fingerprint density at radius 2 is 2.00 bits per heavy atom. The van der Waals surface area contributed by atoms with Crippen LogP contribution in [-0.4, -0.2) is 31.7 Å². The Morgan fingerprint density at radius 3 is 2.67 bits per heavy atom. The monoisotopic (exact) mass is 384 g/mol. The van der Waals surface area contributed by atoms with E-state index in [0.717, 1.165) is 17.7 Å². The third-order valence-electron chi connectivity index (χ3n) is 3.89. The van der Waals surface area contributed by atoms with Crippen LogP contribution in [0.15, 0.2) is 40.6 Å². The lowest BCUT2D eigenvalue weighted by Gasteiger charge is -2.16. The highest BCUT2D eigenvalue weighted by Gasteiger charge is 2.28. The standard InChI is InChI=1S/C16H17ClN2O3S2/c17-15-6-5-13(24(21,22)19-7-1-2-8-19)10-14(15)16(20)18-11-12-4-3-9-23-12/h3-6,9-10H,1-2,7-8,11H2,(H,18,20). The molecule has 0 bridgehead atoms. The molecular formula is C16H17ClN2O3S2. The Balaban J connectivity index is 1.82. The predicted octanol–water partition coefficient (Wildman–Crippen LogP) is 3.12. The molecule has 1 aliphatic rings. The van der Waals surface area contributed by atoms with Crippen LogP contribution in [-0.2, 0) is 16.6 Å². The van der Waals surface area contributed by atoms with E-state index in [-0.39, 0.29) is 21.4 Å². The van der Waals surface area contributed by atoms with Crippen molar-refractivity contribution in [3.63, 3.8) is 0 Å². The van der Waals surface area contributed by atoms with Crippen LogP contribution in [0.25, 0.3) is 0 Å². The molecule has 0 saturated carbocycles. The van der Waals surface area contributed by atoms with E-state index in [2.05, 4.69) is 5.32 Å². The molecule has 2 heterocycles. The third kappa shape index (κ3) is 3.64. The summed E-state index contributed by atoms with van der Waals surface area (Å²) in [5, 5.41) is 4.93. The number of hydrogen-bond donors (Lipinski definition) is 1. The number of sulfonamides is 1. The Labute approximate surface area is 150 Å². The van der Waals surface area contributed by atoms with Gasteiger partial charge in [-0.15, -0.1) is 11.3 Å². The SMILES string of the molecule is O=C(NCc1cccs1)c1cc(S(=O)(=O)N2CCCC2)ccc1Cl. The molecule has 0 atom stereocenters. The molecule has 1 aromatic carbocycles. The molecule has 5 nitrogen and oxygen atoms in total. The van der Waals surface area contributed by atoms with Crippen molar-refractivity contribution in [1.29, 1.82) is 0 Å². The molecule has 1 amide bonds. The van der Waals surface area contributed by atoms with Crippen LogP contribution >= 0.6 is 22.9 Å². The fourth-order valence-electron chi connectivity index (χ4n) is 2.59. The molecule has 8 heteroatoms. The summed E-state index contributed by atoms with van der Waals surface area (Å²) in [7, 11) is -3.57. The van der Waals surface area contributed by atoms with Gasteiger partial charge in [-0.1, -0.05) is 17.7 Å². The van der Waals surface area contributed by atoms with E-state index in [1.165, 1.54) is 33.8 Å². The number of rotatable bonds is 5. The molecule has 0 aliphatic carbocycles. The number of nitrogens with one attached hydrogen (secondary N) is 1. The number of amides is 1. The van der Waals surface area contributed by atoms with Gasteiger partial charge in [-0.05, 0) is 42.5 Å². The molecule has 1 aromatic heterocycles. The fraction of sp³-hybridized carbons (Fsp3) is 0.312. The van der Waals surface area contributed by atoms with Crippen molar-refractivity contribution < 1.29 is 13.2 Å². The number of thiophene rings is 1. The van der Waals surface area contributed by atoms with Gasteiger partial charge in [0.15, 0.2) is 0 Å². The lowest BCUT2D eigenvalue weighted by molar-refractivity contribution is 0.0951. The molecule has 3 rings (SSSR count). The van der Waals surface area contributed by atoms with E-state index < -0.39 is 10.0 Å². The summed E-state index contributed by atoms with van der Waals surface area (Å²) in [5.41, 5.74) is 0.175. The Morgan fingerprint density at radius 1 is 1.25 bits per heavy atom. The molecule has 1 saturated heterocycles. The van der Waals surface area contributed by atoms with Crippen molar-refractivity contribution in [2.45, 2.75) is 24.3 Å². The van der Waals surface area contributed by atoms with Gasteiger partial charge in [0, 0.05) is 18.0 Å². The summed E-state index contributed by atoms with van der Waals surface area (Å²) < 4.78 is 26.7. The van der Waals surface area contributed by atoms with E-state index in [1.807, 2.05) is 17.5 Å². The van der Waals surface area contributed by atoms with Crippen molar-refractivity contribution in [2.24, 2.45) is 0 Å². The summed E-state index contributed by atoms with van der Waals surface area (Å²) >= 11 is 7.63. The maximum absolute atomic E-state index is 12.6. The maximum atomic E-state index is 12.6. The average Bonchev–Trinajstić information content (AvgIpc) is 3.26. The van der Waals surface area contributed by atoms with E-state index >= 15 is 0 Å². The molecule has 1 fully saturated rings. The first-order valence-electron chi connectivity index (χ1n) is 7.59. The van der Waals surface area contributed by atoms with Crippen molar-refractivity contribution in [3.05, 3.63) is 51.2 Å². The van der Waals surface area contributed by atoms with E-state index in [9.17, 15) is 13.2 Å². The Hall–Kier alpha value is -1.41. The van der Waals surface area contributed by atoms with Crippen LogP contribution in [0.3, 0.4) is 0 Å². The Kier molecular flexibility index (Phi) is 5.24. The number of nitrogens with zero attached hydrogens (tertiary/aromatic N) is 1. The van der Waals surface area contributed by atoms with Gasteiger partial charge < -0.3 is 5.32 Å². The van der Waals surface area contributed by atoms with Crippen LogP contribution in [0.4, 0.5) is 0 Å².